The molecular weight excluding hydrogens is 270 g/mol. The fourth-order valence-electron chi connectivity index (χ4n) is 1.30. The summed E-state index contributed by atoms with van der Waals surface area (Å²) in [6, 6.07) is 1.64. The summed E-state index contributed by atoms with van der Waals surface area (Å²) < 4.78 is 1.51. The van der Waals surface area contributed by atoms with Gasteiger partial charge < -0.3 is 4.90 Å². The van der Waals surface area contributed by atoms with E-state index in [0.29, 0.717) is 12.5 Å². The van der Waals surface area contributed by atoms with Crippen molar-refractivity contribution in [1.29, 1.82) is 0 Å². The predicted octanol–water partition coefficient (Wildman–Crippen LogP) is 1.73. The van der Waals surface area contributed by atoms with Crippen LogP contribution in [0.1, 0.15) is 13.8 Å². The minimum absolute atomic E-state index is 0.0365. The van der Waals surface area contributed by atoms with E-state index in [1.54, 1.807) is 12.3 Å². The Balaban J connectivity index is 2.87. The maximum absolute atomic E-state index is 11.8. The zero-order valence-corrected chi connectivity index (χ0v) is 11.6. The standard InChI is InChI=1S/C11H18BrN3O/c1-4-14(3)10-5-11(16)15(13-7-10)8-9(2)6-12/h5,7,9H,4,6,8H2,1-3H3. The smallest absolute Gasteiger partial charge is 0.268 e. The molecule has 16 heavy (non-hydrogen) atoms. The van der Waals surface area contributed by atoms with Gasteiger partial charge in [-0.3, -0.25) is 4.79 Å². The summed E-state index contributed by atoms with van der Waals surface area (Å²) in [7, 11) is 1.95. The highest BCUT2D eigenvalue weighted by Crippen LogP contribution is 2.07. The number of rotatable bonds is 5. The Morgan fingerprint density at radius 3 is 2.81 bits per heavy atom. The van der Waals surface area contributed by atoms with Crippen molar-refractivity contribution in [2.45, 2.75) is 20.4 Å². The zero-order chi connectivity index (χ0) is 12.1. The minimum Gasteiger partial charge on any atom is -0.373 e. The molecule has 0 bridgehead atoms. The first-order valence-corrected chi connectivity index (χ1v) is 6.54. The summed E-state index contributed by atoms with van der Waals surface area (Å²) in [6.07, 6.45) is 1.74. The van der Waals surface area contributed by atoms with Gasteiger partial charge in [0.1, 0.15) is 0 Å². The molecule has 1 heterocycles. The summed E-state index contributed by atoms with van der Waals surface area (Å²) in [5, 5.41) is 5.05. The Morgan fingerprint density at radius 1 is 1.62 bits per heavy atom. The first-order chi connectivity index (χ1) is 7.58. The second-order valence-electron chi connectivity index (χ2n) is 4.01. The van der Waals surface area contributed by atoms with Crippen molar-refractivity contribution >= 4 is 21.6 Å². The van der Waals surface area contributed by atoms with Crippen LogP contribution in [0.3, 0.4) is 0 Å². The number of halogens is 1. The fraction of sp³-hybridized carbons (Fsp3) is 0.636. The summed E-state index contributed by atoms with van der Waals surface area (Å²) >= 11 is 3.39. The van der Waals surface area contributed by atoms with Gasteiger partial charge in [0.15, 0.2) is 0 Å². The van der Waals surface area contributed by atoms with E-state index in [0.717, 1.165) is 17.6 Å². The molecule has 0 aliphatic rings. The first-order valence-electron chi connectivity index (χ1n) is 5.42. The lowest BCUT2D eigenvalue weighted by molar-refractivity contribution is 0.471. The van der Waals surface area contributed by atoms with E-state index in [1.807, 2.05) is 18.9 Å². The lowest BCUT2D eigenvalue weighted by Gasteiger charge is -2.16. The molecule has 1 unspecified atom stereocenters. The van der Waals surface area contributed by atoms with Gasteiger partial charge in [-0.1, -0.05) is 22.9 Å². The number of anilines is 1. The molecule has 0 spiro atoms. The molecule has 0 radical (unpaired) electrons. The molecule has 0 saturated carbocycles. The summed E-state index contributed by atoms with van der Waals surface area (Å²) in [5.74, 6) is 0.403. The maximum Gasteiger partial charge on any atom is 0.268 e. The van der Waals surface area contributed by atoms with Gasteiger partial charge in [0.05, 0.1) is 11.9 Å². The Kier molecular flexibility index (Phi) is 4.99. The van der Waals surface area contributed by atoms with Crippen LogP contribution in [0.4, 0.5) is 5.69 Å². The van der Waals surface area contributed by atoms with Crippen LogP contribution in [0.2, 0.25) is 0 Å². The lowest BCUT2D eigenvalue weighted by atomic mass is 10.2. The van der Waals surface area contributed by atoms with Crippen LogP contribution in [0.5, 0.6) is 0 Å². The van der Waals surface area contributed by atoms with Crippen molar-refractivity contribution < 1.29 is 0 Å². The minimum atomic E-state index is -0.0365. The van der Waals surface area contributed by atoms with Crippen LogP contribution >= 0.6 is 15.9 Å². The molecule has 4 nitrogen and oxygen atoms in total. The molecule has 0 aliphatic carbocycles. The Hall–Kier alpha value is -0.840. The highest BCUT2D eigenvalue weighted by Gasteiger charge is 2.06. The maximum atomic E-state index is 11.8. The number of hydrogen-bond acceptors (Lipinski definition) is 3. The predicted molar refractivity (Wildman–Crippen MR) is 70.4 cm³/mol. The van der Waals surface area contributed by atoms with Crippen molar-refractivity contribution in [3.8, 4) is 0 Å². The third kappa shape index (κ3) is 3.33. The molecule has 5 heteroatoms. The van der Waals surface area contributed by atoms with Crippen LogP contribution in [0.25, 0.3) is 0 Å². The topological polar surface area (TPSA) is 38.1 Å². The highest BCUT2D eigenvalue weighted by molar-refractivity contribution is 9.09. The van der Waals surface area contributed by atoms with E-state index >= 15 is 0 Å². The van der Waals surface area contributed by atoms with Gasteiger partial charge in [-0.25, -0.2) is 4.68 Å². The molecular formula is C11H18BrN3O. The van der Waals surface area contributed by atoms with E-state index in [2.05, 4.69) is 28.0 Å². The van der Waals surface area contributed by atoms with E-state index in [-0.39, 0.29) is 5.56 Å². The molecule has 0 aliphatic heterocycles. The molecule has 0 N–H and O–H groups in total. The molecule has 1 rings (SSSR count). The molecule has 0 aromatic carbocycles. The zero-order valence-electron chi connectivity index (χ0n) is 9.98. The van der Waals surface area contributed by atoms with Crippen LogP contribution in [-0.2, 0) is 6.54 Å². The van der Waals surface area contributed by atoms with Crippen molar-refractivity contribution in [2.24, 2.45) is 5.92 Å². The molecule has 90 valence electrons. The van der Waals surface area contributed by atoms with Gasteiger partial charge in [-0.05, 0) is 12.8 Å². The summed E-state index contributed by atoms with van der Waals surface area (Å²) in [5.41, 5.74) is 0.834. The summed E-state index contributed by atoms with van der Waals surface area (Å²) in [4.78, 5) is 13.8. The SMILES string of the molecule is CCN(C)c1cnn(CC(C)CBr)c(=O)c1. The van der Waals surface area contributed by atoms with Crippen LogP contribution in [-0.4, -0.2) is 28.7 Å². The van der Waals surface area contributed by atoms with Gasteiger partial charge in [-0.15, -0.1) is 0 Å². The molecule has 1 atom stereocenters. The quantitative estimate of drug-likeness (QED) is 0.774. The Bertz CT molecular complexity index is 391. The fourth-order valence-corrected chi connectivity index (χ4v) is 1.50. The molecule has 0 fully saturated rings. The van der Waals surface area contributed by atoms with Crippen LogP contribution in [0, 0.1) is 5.92 Å². The van der Waals surface area contributed by atoms with E-state index < -0.39 is 0 Å². The average Bonchev–Trinajstić information content (AvgIpc) is 2.30. The normalized spacial score (nSPS) is 12.5. The van der Waals surface area contributed by atoms with Gasteiger partial charge in [-0.2, -0.15) is 5.10 Å². The molecule has 0 amide bonds. The van der Waals surface area contributed by atoms with Gasteiger partial charge >= 0.3 is 0 Å². The second-order valence-corrected chi connectivity index (χ2v) is 4.66. The van der Waals surface area contributed by atoms with Crippen molar-refractivity contribution in [2.75, 3.05) is 23.8 Å². The molecule has 0 saturated heterocycles. The molecule has 1 aromatic rings. The van der Waals surface area contributed by atoms with Gasteiger partial charge in [0.2, 0.25) is 0 Å². The van der Waals surface area contributed by atoms with E-state index in [1.165, 1.54) is 4.68 Å². The monoisotopic (exact) mass is 287 g/mol. The third-order valence-electron chi connectivity index (χ3n) is 2.52. The van der Waals surface area contributed by atoms with Crippen LogP contribution < -0.4 is 10.5 Å². The largest absolute Gasteiger partial charge is 0.373 e. The van der Waals surface area contributed by atoms with Crippen LogP contribution in [0.15, 0.2) is 17.1 Å². The lowest BCUT2D eigenvalue weighted by Crippen LogP contribution is -2.27. The number of nitrogens with zero attached hydrogens (tertiary/aromatic N) is 3. The Labute approximate surface area is 104 Å². The number of alkyl halides is 1. The third-order valence-corrected chi connectivity index (χ3v) is 3.62. The number of hydrogen-bond donors (Lipinski definition) is 0. The van der Waals surface area contributed by atoms with E-state index in [4.69, 9.17) is 0 Å². The highest BCUT2D eigenvalue weighted by atomic mass is 79.9. The second kappa shape index (κ2) is 6.03. The first kappa shape index (κ1) is 13.2. The molecule has 1 aromatic heterocycles. The van der Waals surface area contributed by atoms with Gasteiger partial charge in [0, 0.05) is 31.5 Å². The van der Waals surface area contributed by atoms with Crippen molar-refractivity contribution in [3.05, 3.63) is 22.6 Å². The average molecular weight is 288 g/mol. The Morgan fingerprint density at radius 2 is 2.31 bits per heavy atom. The van der Waals surface area contributed by atoms with E-state index in [9.17, 15) is 4.79 Å². The van der Waals surface area contributed by atoms with Crippen molar-refractivity contribution in [3.63, 3.8) is 0 Å². The summed E-state index contributed by atoms with van der Waals surface area (Å²) in [6.45, 7) is 5.64. The van der Waals surface area contributed by atoms with Crippen molar-refractivity contribution in [1.82, 2.24) is 9.78 Å². The number of aromatic nitrogens is 2. The van der Waals surface area contributed by atoms with Gasteiger partial charge in [0.25, 0.3) is 5.56 Å².